The molecule has 0 aliphatic heterocycles. The van der Waals surface area contributed by atoms with Crippen molar-refractivity contribution in [2.45, 2.75) is 4.90 Å². The van der Waals surface area contributed by atoms with Gasteiger partial charge < -0.3 is 5.73 Å². The van der Waals surface area contributed by atoms with Gasteiger partial charge in [-0.05, 0) is 30.3 Å². The number of nitrogens with one attached hydrogen (secondary N) is 1. The Balaban J connectivity index is 1.99. The van der Waals surface area contributed by atoms with Crippen molar-refractivity contribution in [3.8, 4) is 0 Å². The molecule has 0 aliphatic rings. The number of para-hydroxylation sites is 1. The number of hydrogen-bond acceptors (Lipinski definition) is 5. The molecule has 0 unspecified atom stereocenters. The highest BCUT2D eigenvalue weighted by Gasteiger charge is 2.17. The van der Waals surface area contributed by atoms with Crippen molar-refractivity contribution in [1.82, 2.24) is 4.98 Å². The van der Waals surface area contributed by atoms with Crippen LogP contribution in [0.3, 0.4) is 0 Å². The minimum Gasteiger partial charge on any atom is -0.398 e. The van der Waals surface area contributed by atoms with Gasteiger partial charge in [0, 0.05) is 0 Å². The molecule has 0 bridgehead atoms. The molecule has 1 aromatic heterocycles. The first-order chi connectivity index (χ1) is 9.56. The van der Waals surface area contributed by atoms with Gasteiger partial charge in [-0.1, -0.05) is 12.1 Å². The van der Waals surface area contributed by atoms with Crippen LogP contribution in [0.4, 0.5) is 11.4 Å². The van der Waals surface area contributed by atoms with Gasteiger partial charge in [0.05, 0.1) is 27.1 Å². The highest BCUT2D eigenvalue weighted by atomic mass is 32.2. The zero-order chi connectivity index (χ0) is 14.2. The summed E-state index contributed by atoms with van der Waals surface area (Å²) in [6.45, 7) is 0. The molecule has 1 heterocycles. The number of nitrogens with two attached hydrogens (primary N) is 1. The van der Waals surface area contributed by atoms with E-state index in [2.05, 4.69) is 9.71 Å². The highest BCUT2D eigenvalue weighted by molar-refractivity contribution is 7.92. The van der Waals surface area contributed by atoms with Gasteiger partial charge in [0.1, 0.15) is 4.90 Å². The average Bonchev–Trinajstić information content (AvgIpc) is 2.86. The van der Waals surface area contributed by atoms with Gasteiger partial charge in [0.25, 0.3) is 10.0 Å². The Hall–Kier alpha value is -2.12. The van der Waals surface area contributed by atoms with E-state index >= 15 is 0 Å². The summed E-state index contributed by atoms with van der Waals surface area (Å²) in [6.07, 6.45) is 0. The van der Waals surface area contributed by atoms with Gasteiger partial charge in [-0.15, -0.1) is 11.3 Å². The summed E-state index contributed by atoms with van der Waals surface area (Å²) in [5.74, 6) is 0. The number of rotatable bonds is 3. The fourth-order valence-electron chi connectivity index (χ4n) is 1.85. The van der Waals surface area contributed by atoms with Crippen LogP contribution < -0.4 is 10.5 Å². The Morgan fingerprint density at radius 3 is 2.75 bits per heavy atom. The first-order valence-corrected chi connectivity index (χ1v) is 8.13. The molecule has 0 radical (unpaired) electrons. The minimum absolute atomic E-state index is 0.0735. The Morgan fingerprint density at radius 1 is 1.15 bits per heavy atom. The van der Waals surface area contributed by atoms with Crippen LogP contribution in [0.5, 0.6) is 0 Å². The lowest BCUT2D eigenvalue weighted by atomic mass is 10.3. The maximum Gasteiger partial charge on any atom is 0.263 e. The SMILES string of the molecule is Nc1ccccc1S(=O)(=O)Nc1ccc2ncsc2c1. The van der Waals surface area contributed by atoms with Crippen molar-refractivity contribution in [3.05, 3.63) is 48.0 Å². The van der Waals surface area contributed by atoms with E-state index in [1.54, 1.807) is 41.9 Å². The quantitative estimate of drug-likeness (QED) is 0.729. The van der Waals surface area contributed by atoms with Crippen LogP contribution in [0.25, 0.3) is 10.2 Å². The number of benzene rings is 2. The van der Waals surface area contributed by atoms with Crippen LogP contribution in [0.1, 0.15) is 0 Å². The molecule has 0 saturated carbocycles. The summed E-state index contributed by atoms with van der Waals surface area (Å²) < 4.78 is 28.0. The molecule has 5 nitrogen and oxygen atoms in total. The second-order valence-electron chi connectivity index (χ2n) is 4.18. The van der Waals surface area contributed by atoms with Crippen LogP contribution in [-0.2, 0) is 10.0 Å². The predicted octanol–water partition coefficient (Wildman–Crippen LogP) is 2.68. The van der Waals surface area contributed by atoms with Crippen molar-refractivity contribution in [2.75, 3.05) is 10.5 Å². The molecule has 0 aliphatic carbocycles. The van der Waals surface area contributed by atoms with Crippen LogP contribution in [0, 0.1) is 0 Å². The maximum atomic E-state index is 12.3. The molecule has 102 valence electrons. The van der Waals surface area contributed by atoms with E-state index in [-0.39, 0.29) is 10.6 Å². The number of aromatic nitrogens is 1. The summed E-state index contributed by atoms with van der Waals surface area (Å²) in [6, 6.07) is 11.6. The molecule has 2 aromatic carbocycles. The fourth-order valence-corrected chi connectivity index (χ4v) is 3.75. The summed E-state index contributed by atoms with van der Waals surface area (Å²) in [5.41, 5.74) is 8.98. The van der Waals surface area contributed by atoms with Crippen molar-refractivity contribution in [1.29, 1.82) is 0 Å². The maximum absolute atomic E-state index is 12.3. The third-order valence-corrected chi connectivity index (χ3v) is 5.04. The molecule has 3 rings (SSSR count). The van der Waals surface area contributed by atoms with Gasteiger partial charge in [0.2, 0.25) is 0 Å². The Kier molecular flexibility index (Phi) is 3.07. The summed E-state index contributed by atoms with van der Waals surface area (Å²) in [5, 5.41) is 0. The second kappa shape index (κ2) is 4.77. The molecule has 3 N–H and O–H groups in total. The average molecular weight is 305 g/mol. The smallest absolute Gasteiger partial charge is 0.263 e. The van der Waals surface area contributed by atoms with Crippen molar-refractivity contribution in [3.63, 3.8) is 0 Å². The molecule has 0 fully saturated rings. The van der Waals surface area contributed by atoms with E-state index in [0.717, 1.165) is 10.2 Å². The molecule has 0 spiro atoms. The largest absolute Gasteiger partial charge is 0.398 e. The third-order valence-electron chi connectivity index (χ3n) is 2.79. The van der Waals surface area contributed by atoms with Gasteiger partial charge in [-0.3, -0.25) is 4.72 Å². The fraction of sp³-hybridized carbons (Fsp3) is 0. The molecular formula is C13H11N3O2S2. The van der Waals surface area contributed by atoms with Crippen molar-refractivity contribution in [2.24, 2.45) is 0 Å². The van der Waals surface area contributed by atoms with Gasteiger partial charge in [0.15, 0.2) is 0 Å². The van der Waals surface area contributed by atoms with Gasteiger partial charge in [-0.2, -0.15) is 0 Å². The first-order valence-electron chi connectivity index (χ1n) is 5.77. The lowest BCUT2D eigenvalue weighted by Gasteiger charge is -2.09. The monoisotopic (exact) mass is 305 g/mol. The summed E-state index contributed by atoms with van der Waals surface area (Å²) in [4.78, 5) is 4.22. The van der Waals surface area contributed by atoms with Crippen LogP contribution in [0.15, 0.2) is 52.9 Å². The molecular weight excluding hydrogens is 294 g/mol. The number of sulfonamides is 1. The second-order valence-corrected chi connectivity index (χ2v) is 6.72. The van der Waals surface area contributed by atoms with E-state index in [1.165, 1.54) is 17.4 Å². The number of fused-ring (bicyclic) bond motifs is 1. The molecule has 3 aromatic rings. The van der Waals surface area contributed by atoms with Gasteiger partial charge in [-0.25, -0.2) is 13.4 Å². The van der Waals surface area contributed by atoms with E-state index in [0.29, 0.717) is 5.69 Å². The number of nitrogens with zero attached hydrogens (tertiary/aromatic N) is 1. The minimum atomic E-state index is -3.69. The number of anilines is 2. The topological polar surface area (TPSA) is 85.1 Å². The summed E-state index contributed by atoms with van der Waals surface area (Å²) in [7, 11) is -3.69. The number of thiazole rings is 1. The Bertz CT molecular complexity index is 872. The highest BCUT2D eigenvalue weighted by Crippen LogP contribution is 2.25. The Labute approximate surface area is 120 Å². The van der Waals surface area contributed by atoms with E-state index in [9.17, 15) is 8.42 Å². The standard InChI is InChI=1S/C13H11N3O2S2/c14-10-3-1-2-4-13(10)20(17,18)16-9-5-6-11-12(7-9)19-8-15-11/h1-8,16H,14H2. The lowest BCUT2D eigenvalue weighted by Crippen LogP contribution is -2.14. The first kappa shape index (κ1) is 12.9. The van der Waals surface area contributed by atoms with Gasteiger partial charge >= 0.3 is 0 Å². The van der Waals surface area contributed by atoms with Crippen LogP contribution >= 0.6 is 11.3 Å². The predicted molar refractivity (Wildman–Crippen MR) is 81.3 cm³/mol. The zero-order valence-electron chi connectivity index (χ0n) is 10.3. The number of nitrogen functional groups attached to an aromatic ring is 1. The van der Waals surface area contributed by atoms with Crippen molar-refractivity contribution >= 4 is 43.0 Å². The molecule has 7 heteroatoms. The van der Waals surface area contributed by atoms with Crippen molar-refractivity contribution < 1.29 is 8.42 Å². The third kappa shape index (κ3) is 2.33. The number of hydrogen-bond donors (Lipinski definition) is 2. The molecule has 0 atom stereocenters. The van der Waals surface area contributed by atoms with Crippen LogP contribution in [-0.4, -0.2) is 13.4 Å². The normalized spacial score (nSPS) is 11.6. The Morgan fingerprint density at radius 2 is 1.95 bits per heavy atom. The van der Waals surface area contributed by atoms with E-state index in [4.69, 9.17) is 5.73 Å². The van der Waals surface area contributed by atoms with E-state index in [1.807, 2.05) is 0 Å². The molecule has 20 heavy (non-hydrogen) atoms. The zero-order valence-corrected chi connectivity index (χ0v) is 11.9. The van der Waals surface area contributed by atoms with Crippen LogP contribution in [0.2, 0.25) is 0 Å². The lowest BCUT2D eigenvalue weighted by molar-refractivity contribution is 0.601. The van der Waals surface area contributed by atoms with E-state index < -0.39 is 10.0 Å². The molecule has 0 saturated heterocycles. The molecule has 0 amide bonds. The summed E-state index contributed by atoms with van der Waals surface area (Å²) >= 11 is 1.46.